The van der Waals surface area contributed by atoms with Crippen LogP contribution in [-0.2, 0) is 9.47 Å². The second-order valence-electron chi connectivity index (χ2n) is 4.28. The van der Waals surface area contributed by atoms with Gasteiger partial charge in [-0.1, -0.05) is 6.92 Å². The first kappa shape index (κ1) is 14.7. The lowest BCUT2D eigenvalue weighted by atomic mass is 10.2. The summed E-state index contributed by atoms with van der Waals surface area (Å²) in [6, 6.07) is 0. The van der Waals surface area contributed by atoms with Gasteiger partial charge in [-0.05, 0) is 31.5 Å². The van der Waals surface area contributed by atoms with Crippen molar-refractivity contribution in [1.82, 2.24) is 10.2 Å². The van der Waals surface area contributed by atoms with Crippen LogP contribution in [0.15, 0.2) is 0 Å². The molecule has 17 heavy (non-hydrogen) atoms. The average Bonchev–Trinajstić information content (AvgIpc) is 2.59. The van der Waals surface area contributed by atoms with Gasteiger partial charge in [0.05, 0.1) is 6.10 Å². The van der Waals surface area contributed by atoms with E-state index in [1.165, 1.54) is 0 Å². The van der Waals surface area contributed by atoms with Gasteiger partial charge >= 0.3 is 0 Å². The summed E-state index contributed by atoms with van der Waals surface area (Å²) in [5.41, 5.74) is 0. The molecule has 0 spiro atoms. The Bertz CT molecular complexity index is 227. The van der Waals surface area contributed by atoms with E-state index >= 15 is 0 Å². The van der Waals surface area contributed by atoms with Crippen molar-refractivity contribution in [2.75, 3.05) is 40.0 Å². The largest absolute Gasteiger partial charge is 0.385 e. The van der Waals surface area contributed by atoms with Crippen LogP contribution in [-0.4, -0.2) is 56.1 Å². The number of rotatable bonds is 5. The predicted molar refractivity (Wildman–Crippen MR) is 73.3 cm³/mol. The van der Waals surface area contributed by atoms with Crippen LogP contribution < -0.4 is 5.32 Å². The zero-order chi connectivity index (χ0) is 12.5. The van der Waals surface area contributed by atoms with E-state index in [1.807, 2.05) is 0 Å². The fourth-order valence-corrected chi connectivity index (χ4v) is 2.12. The fourth-order valence-electron chi connectivity index (χ4n) is 1.85. The van der Waals surface area contributed by atoms with E-state index < -0.39 is 0 Å². The highest BCUT2D eigenvalue weighted by Crippen LogP contribution is 2.08. The van der Waals surface area contributed by atoms with Crippen LogP contribution in [0.25, 0.3) is 0 Å². The van der Waals surface area contributed by atoms with E-state index in [2.05, 4.69) is 17.1 Å². The number of nitrogens with one attached hydrogen (secondary N) is 1. The highest BCUT2D eigenvalue weighted by Gasteiger charge is 2.18. The Labute approximate surface area is 110 Å². The summed E-state index contributed by atoms with van der Waals surface area (Å²) in [5.74, 6) is 0. The number of ether oxygens (including phenoxy) is 2. The van der Waals surface area contributed by atoms with Crippen LogP contribution in [0, 0.1) is 0 Å². The molecule has 4 nitrogen and oxygen atoms in total. The van der Waals surface area contributed by atoms with Crippen molar-refractivity contribution in [2.24, 2.45) is 0 Å². The van der Waals surface area contributed by atoms with Gasteiger partial charge in [0.2, 0.25) is 0 Å². The Morgan fingerprint density at radius 3 is 3.12 bits per heavy atom. The van der Waals surface area contributed by atoms with Crippen molar-refractivity contribution in [2.45, 2.75) is 32.3 Å². The molecule has 100 valence electrons. The van der Waals surface area contributed by atoms with Crippen molar-refractivity contribution in [3.05, 3.63) is 0 Å². The summed E-state index contributed by atoms with van der Waals surface area (Å²) in [6.45, 7) is 6.56. The number of methoxy groups -OCH3 is 1. The van der Waals surface area contributed by atoms with Gasteiger partial charge in [-0.2, -0.15) is 0 Å². The molecule has 0 aliphatic carbocycles. The van der Waals surface area contributed by atoms with Gasteiger partial charge in [0.25, 0.3) is 0 Å². The van der Waals surface area contributed by atoms with Crippen LogP contribution >= 0.6 is 12.2 Å². The van der Waals surface area contributed by atoms with Gasteiger partial charge in [0, 0.05) is 40.0 Å². The zero-order valence-corrected chi connectivity index (χ0v) is 11.7. The number of hydrogen-bond donors (Lipinski definition) is 1. The second kappa shape index (κ2) is 8.66. The molecule has 1 heterocycles. The van der Waals surface area contributed by atoms with E-state index in [0.29, 0.717) is 6.10 Å². The van der Waals surface area contributed by atoms with Gasteiger partial charge in [-0.25, -0.2) is 0 Å². The van der Waals surface area contributed by atoms with Crippen molar-refractivity contribution < 1.29 is 9.47 Å². The molecule has 1 rings (SSSR count). The summed E-state index contributed by atoms with van der Waals surface area (Å²) in [7, 11) is 1.72. The smallest absolute Gasteiger partial charge is 0.169 e. The molecule has 0 amide bonds. The Morgan fingerprint density at radius 2 is 2.41 bits per heavy atom. The zero-order valence-electron chi connectivity index (χ0n) is 10.9. The summed E-state index contributed by atoms with van der Waals surface area (Å²) in [6.07, 6.45) is 3.40. The summed E-state index contributed by atoms with van der Waals surface area (Å²) in [4.78, 5) is 2.23. The van der Waals surface area contributed by atoms with Crippen LogP contribution in [0.1, 0.15) is 26.2 Å². The molecule has 5 heteroatoms. The monoisotopic (exact) mass is 260 g/mol. The van der Waals surface area contributed by atoms with Gasteiger partial charge < -0.3 is 19.7 Å². The molecule has 1 unspecified atom stereocenters. The van der Waals surface area contributed by atoms with Crippen molar-refractivity contribution >= 4 is 17.3 Å². The maximum atomic E-state index is 5.73. The number of thiocarbonyl (C=S) groups is 1. The van der Waals surface area contributed by atoms with Gasteiger partial charge in [0.15, 0.2) is 5.11 Å². The topological polar surface area (TPSA) is 33.7 Å². The molecular formula is C12H24N2O2S. The van der Waals surface area contributed by atoms with Crippen molar-refractivity contribution in [3.63, 3.8) is 0 Å². The van der Waals surface area contributed by atoms with Crippen LogP contribution in [0.2, 0.25) is 0 Å². The first-order valence-electron chi connectivity index (χ1n) is 6.41. The van der Waals surface area contributed by atoms with Crippen molar-refractivity contribution in [1.29, 1.82) is 0 Å². The van der Waals surface area contributed by atoms with E-state index in [-0.39, 0.29) is 0 Å². The minimum atomic E-state index is 0.316. The highest BCUT2D eigenvalue weighted by molar-refractivity contribution is 7.80. The maximum absolute atomic E-state index is 5.73. The average molecular weight is 260 g/mol. The molecular weight excluding hydrogens is 236 g/mol. The molecule has 1 aliphatic heterocycles. The third-order valence-corrected chi connectivity index (χ3v) is 3.30. The first-order valence-corrected chi connectivity index (χ1v) is 6.82. The Hall–Kier alpha value is -0.390. The van der Waals surface area contributed by atoms with E-state index in [9.17, 15) is 0 Å². The number of nitrogens with zero attached hydrogens (tertiary/aromatic N) is 1. The fraction of sp³-hybridized carbons (Fsp3) is 0.917. The summed E-state index contributed by atoms with van der Waals surface area (Å²) in [5, 5.41) is 4.13. The van der Waals surface area contributed by atoms with E-state index in [1.54, 1.807) is 7.11 Å². The molecule has 1 fully saturated rings. The minimum absolute atomic E-state index is 0.316. The van der Waals surface area contributed by atoms with E-state index in [4.69, 9.17) is 21.7 Å². The van der Waals surface area contributed by atoms with Crippen LogP contribution in [0.5, 0.6) is 0 Å². The number of hydrogen-bond acceptors (Lipinski definition) is 3. The SMILES string of the molecule is CCC1CN(C(=S)NCCCOC)CCCO1. The summed E-state index contributed by atoms with van der Waals surface area (Å²) >= 11 is 5.40. The molecule has 0 saturated carbocycles. The standard InChI is InChI=1S/C12H24N2O2S/c1-3-11-10-14(7-5-9-16-11)12(17)13-6-4-8-15-2/h11H,3-10H2,1-2H3,(H,13,17). The lowest BCUT2D eigenvalue weighted by molar-refractivity contribution is 0.0583. The Kier molecular flexibility index (Phi) is 7.48. The van der Waals surface area contributed by atoms with Crippen LogP contribution in [0.3, 0.4) is 0 Å². The third kappa shape index (κ3) is 5.66. The maximum Gasteiger partial charge on any atom is 0.169 e. The molecule has 1 N–H and O–H groups in total. The molecule has 0 aromatic rings. The lowest BCUT2D eigenvalue weighted by Gasteiger charge is -2.26. The molecule has 0 radical (unpaired) electrons. The predicted octanol–water partition coefficient (Wildman–Crippen LogP) is 1.40. The van der Waals surface area contributed by atoms with Gasteiger partial charge in [-0.15, -0.1) is 0 Å². The van der Waals surface area contributed by atoms with Crippen LogP contribution in [0.4, 0.5) is 0 Å². The third-order valence-electron chi connectivity index (χ3n) is 2.89. The normalized spacial score (nSPS) is 21.1. The molecule has 0 bridgehead atoms. The van der Waals surface area contributed by atoms with E-state index in [0.717, 1.165) is 57.2 Å². The second-order valence-corrected chi connectivity index (χ2v) is 4.67. The Balaban J connectivity index is 2.28. The molecule has 1 aliphatic rings. The van der Waals surface area contributed by atoms with Gasteiger partial charge in [0.1, 0.15) is 0 Å². The molecule has 0 aromatic heterocycles. The molecule has 1 atom stereocenters. The highest BCUT2D eigenvalue weighted by atomic mass is 32.1. The van der Waals surface area contributed by atoms with Crippen molar-refractivity contribution in [3.8, 4) is 0 Å². The molecule has 0 aromatic carbocycles. The lowest BCUT2D eigenvalue weighted by Crippen LogP contribution is -2.43. The first-order chi connectivity index (χ1) is 8.27. The molecule has 1 saturated heterocycles. The minimum Gasteiger partial charge on any atom is -0.385 e. The quantitative estimate of drug-likeness (QED) is 0.597. The summed E-state index contributed by atoms with van der Waals surface area (Å²) < 4.78 is 10.7. The Morgan fingerprint density at radius 1 is 1.59 bits per heavy atom. The van der Waals surface area contributed by atoms with Gasteiger partial charge in [-0.3, -0.25) is 0 Å².